The lowest BCUT2D eigenvalue weighted by atomic mass is 9.88. The topological polar surface area (TPSA) is 65.4 Å². The van der Waals surface area contributed by atoms with Crippen LogP contribution in [0.5, 0.6) is 5.75 Å². The van der Waals surface area contributed by atoms with E-state index in [9.17, 15) is 10.1 Å². The summed E-state index contributed by atoms with van der Waals surface area (Å²) < 4.78 is 6.24. The smallest absolute Gasteiger partial charge is 0.258 e. The van der Waals surface area contributed by atoms with E-state index in [2.05, 4.69) is 11.4 Å². The van der Waals surface area contributed by atoms with Gasteiger partial charge in [-0.1, -0.05) is 18.2 Å². The van der Waals surface area contributed by atoms with Gasteiger partial charge in [-0.15, -0.1) is 0 Å². The molecular formula is C22H21N3O2. The molecule has 0 aromatic heterocycles. The molecule has 0 saturated heterocycles. The number of ether oxygens (including phenoxy) is 1. The number of benzene rings is 2. The predicted molar refractivity (Wildman–Crippen MR) is 103 cm³/mol. The van der Waals surface area contributed by atoms with Gasteiger partial charge in [0.15, 0.2) is 0 Å². The number of carbonyl (C=O) groups is 1. The predicted octanol–water partition coefficient (Wildman–Crippen LogP) is 3.32. The minimum atomic E-state index is -0.575. The number of carbonyl (C=O) groups excluding carboxylic acids is 1. The van der Waals surface area contributed by atoms with Gasteiger partial charge in [0.05, 0.1) is 23.9 Å². The number of fused-ring (bicyclic) bond motifs is 2. The van der Waals surface area contributed by atoms with E-state index in [0.29, 0.717) is 24.4 Å². The second kappa shape index (κ2) is 6.26. The molecule has 5 nitrogen and oxygen atoms in total. The fraction of sp³-hybridized carbons (Fsp3) is 0.273. The highest BCUT2D eigenvalue weighted by Gasteiger charge is 2.40. The number of hydrogen-bond acceptors (Lipinski definition) is 4. The van der Waals surface area contributed by atoms with Crippen LogP contribution in [0, 0.1) is 11.3 Å². The first kappa shape index (κ1) is 17.3. The molecule has 0 radical (unpaired) electrons. The number of hydrogen-bond donors (Lipinski definition) is 1. The maximum absolute atomic E-state index is 13.2. The quantitative estimate of drug-likeness (QED) is 0.913. The van der Waals surface area contributed by atoms with E-state index >= 15 is 0 Å². The second-order valence-corrected chi connectivity index (χ2v) is 7.34. The summed E-state index contributed by atoms with van der Waals surface area (Å²) in [5.74, 6) is 0.679. The first-order valence-electron chi connectivity index (χ1n) is 8.98. The maximum Gasteiger partial charge on any atom is 0.258 e. The Bertz CT molecular complexity index is 1010. The zero-order valence-electron chi connectivity index (χ0n) is 15.7. The Hall–Kier alpha value is -3.10. The zero-order valence-corrected chi connectivity index (χ0v) is 15.7. The normalized spacial score (nSPS) is 17.3. The van der Waals surface area contributed by atoms with Crippen molar-refractivity contribution in [1.29, 1.82) is 5.26 Å². The second-order valence-electron chi connectivity index (χ2n) is 7.34. The van der Waals surface area contributed by atoms with Crippen LogP contribution in [0.1, 0.15) is 40.9 Å². The molecule has 1 N–H and O–H groups in total. The summed E-state index contributed by atoms with van der Waals surface area (Å²) in [6, 6.07) is 15.3. The van der Waals surface area contributed by atoms with Gasteiger partial charge in [0.25, 0.3) is 5.91 Å². The third kappa shape index (κ3) is 2.70. The third-order valence-corrected chi connectivity index (χ3v) is 5.19. The molecule has 0 aliphatic carbocycles. The Balaban J connectivity index is 1.94. The zero-order chi connectivity index (χ0) is 19.2. The molecule has 5 heteroatoms. The molecule has 2 aliphatic rings. The van der Waals surface area contributed by atoms with Crippen molar-refractivity contribution < 1.29 is 9.53 Å². The van der Waals surface area contributed by atoms with Crippen molar-refractivity contribution in [1.82, 2.24) is 10.2 Å². The average Bonchev–Trinajstić information content (AvgIpc) is 2.98. The van der Waals surface area contributed by atoms with Gasteiger partial charge in [-0.3, -0.25) is 4.79 Å². The van der Waals surface area contributed by atoms with Crippen LogP contribution in [0.3, 0.4) is 0 Å². The van der Waals surface area contributed by atoms with E-state index in [-0.39, 0.29) is 5.91 Å². The van der Waals surface area contributed by atoms with E-state index in [1.807, 2.05) is 62.2 Å². The molecule has 136 valence electrons. The van der Waals surface area contributed by atoms with Crippen LogP contribution in [-0.2, 0) is 6.54 Å². The Labute approximate surface area is 158 Å². The molecule has 0 atom stereocenters. The molecule has 2 aromatic carbocycles. The van der Waals surface area contributed by atoms with Gasteiger partial charge >= 0.3 is 0 Å². The van der Waals surface area contributed by atoms with Crippen LogP contribution >= 0.6 is 0 Å². The summed E-state index contributed by atoms with van der Waals surface area (Å²) in [5.41, 5.74) is 4.34. The molecule has 2 aromatic rings. The number of nitrogens with zero attached hydrogens (tertiary/aromatic N) is 2. The Kier molecular flexibility index (Phi) is 4.01. The highest BCUT2D eigenvalue weighted by molar-refractivity contribution is 6.04. The summed E-state index contributed by atoms with van der Waals surface area (Å²) in [5, 5.41) is 12.6. The fourth-order valence-electron chi connectivity index (χ4n) is 3.87. The summed E-state index contributed by atoms with van der Waals surface area (Å²) in [6.45, 7) is 5.12. The van der Waals surface area contributed by atoms with Crippen LogP contribution in [0.4, 0.5) is 0 Å². The highest BCUT2D eigenvalue weighted by Crippen LogP contribution is 2.44. The van der Waals surface area contributed by atoms with Crippen molar-refractivity contribution in [2.75, 3.05) is 13.6 Å². The highest BCUT2D eigenvalue weighted by atomic mass is 16.5. The van der Waals surface area contributed by atoms with Crippen molar-refractivity contribution in [2.45, 2.75) is 26.0 Å². The Morgan fingerprint density at radius 2 is 2.00 bits per heavy atom. The lowest BCUT2D eigenvalue weighted by molar-refractivity contribution is 0.0843. The number of likely N-dealkylation sites (N-methyl/N-ethyl adjacent to an activating group) is 1. The lowest BCUT2D eigenvalue weighted by Gasteiger charge is -2.39. The monoisotopic (exact) mass is 359 g/mol. The molecule has 1 amide bonds. The maximum atomic E-state index is 13.2. The minimum Gasteiger partial charge on any atom is -0.483 e. The molecule has 0 spiro atoms. The van der Waals surface area contributed by atoms with E-state index in [0.717, 1.165) is 28.0 Å². The van der Waals surface area contributed by atoms with Crippen molar-refractivity contribution in [3.8, 4) is 11.8 Å². The van der Waals surface area contributed by atoms with E-state index < -0.39 is 5.60 Å². The van der Waals surface area contributed by atoms with Crippen molar-refractivity contribution in [3.63, 3.8) is 0 Å². The minimum absolute atomic E-state index is 0.0137. The van der Waals surface area contributed by atoms with Gasteiger partial charge in [0.1, 0.15) is 11.4 Å². The summed E-state index contributed by atoms with van der Waals surface area (Å²) in [6.07, 6.45) is 0. The van der Waals surface area contributed by atoms with Gasteiger partial charge in [-0.05, 0) is 50.7 Å². The van der Waals surface area contributed by atoms with Gasteiger partial charge in [0.2, 0.25) is 0 Å². The average molecular weight is 359 g/mol. The van der Waals surface area contributed by atoms with Crippen molar-refractivity contribution in [2.24, 2.45) is 0 Å². The van der Waals surface area contributed by atoms with Crippen molar-refractivity contribution >= 4 is 11.6 Å². The molecule has 27 heavy (non-hydrogen) atoms. The van der Waals surface area contributed by atoms with Crippen LogP contribution in [0.25, 0.3) is 5.70 Å². The summed E-state index contributed by atoms with van der Waals surface area (Å²) in [7, 11) is 1.88. The largest absolute Gasteiger partial charge is 0.483 e. The Morgan fingerprint density at radius 1 is 1.22 bits per heavy atom. The molecule has 0 unspecified atom stereocenters. The van der Waals surface area contributed by atoms with E-state index in [1.54, 1.807) is 6.07 Å². The number of rotatable bonds is 3. The van der Waals surface area contributed by atoms with Gasteiger partial charge in [0, 0.05) is 23.2 Å². The number of nitriles is 1. The summed E-state index contributed by atoms with van der Waals surface area (Å²) in [4.78, 5) is 15.0. The van der Waals surface area contributed by atoms with Gasteiger partial charge < -0.3 is 15.0 Å². The summed E-state index contributed by atoms with van der Waals surface area (Å²) >= 11 is 0. The SMILES string of the molecule is CNCC1=C(N2Cc3ccccc3C2=O)c2cc(C#N)ccc2OC1(C)C. The van der Waals surface area contributed by atoms with E-state index in [1.165, 1.54) is 0 Å². The fourth-order valence-corrected chi connectivity index (χ4v) is 3.87. The molecule has 4 rings (SSSR count). The van der Waals surface area contributed by atoms with E-state index in [4.69, 9.17) is 4.74 Å². The molecule has 0 saturated carbocycles. The lowest BCUT2D eigenvalue weighted by Crippen LogP contribution is -2.42. The molecule has 2 aliphatic heterocycles. The number of nitrogens with one attached hydrogen (secondary N) is 1. The van der Waals surface area contributed by atoms with Gasteiger partial charge in [-0.25, -0.2) is 0 Å². The molecule has 0 bridgehead atoms. The first-order valence-corrected chi connectivity index (χ1v) is 8.98. The molecule has 0 fully saturated rings. The van der Waals surface area contributed by atoms with Gasteiger partial charge in [-0.2, -0.15) is 5.26 Å². The standard InChI is InChI=1S/C22H21N3O2/c1-22(2)18(12-24-3)20(17-10-14(11-23)8-9-19(17)27-22)25-13-15-6-4-5-7-16(15)21(25)26/h4-10,24H,12-13H2,1-3H3. The van der Waals surface area contributed by atoms with Crippen LogP contribution < -0.4 is 10.1 Å². The number of amides is 1. The van der Waals surface area contributed by atoms with Crippen molar-refractivity contribution in [3.05, 3.63) is 70.3 Å². The molecular weight excluding hydrogens is 338 g/mol. The third-order valence-electron chi connectivity index (χ3n) is 5.19. The van der Waals surface area contributed by atoms with Crippen LogP contribution in [0.2, 0.25) is 0 Å². The molecule has 2 heterocycles. The Morgan fingerprint density at radius 3 is 2.70 bits per heavy atom. The van der Waals surface area contributed by atoms with Crippen LogP contribution in [0.15, 0.2) is 48.0 Å². The van der Waals surface area contributed by atoms with Crippen LogP contribution in [-0.4, -0.2) is 30.0 Å². The first-order chi connectivity index (χ1) is 13.0.